The molecule has 0 fully saturated rings. The number of carbonyl (C=O) groups is 2. The lowest BCUT2D eigenvalue weighted by Crippen LogP contribution is -2.20. The lowest BCUT2D eigenvalue weighted by molar-refractivity contribution is -0.116. The molecule has 0 atom stereocenters. The van der Waals surface area contributed by atoms with Crippen LogP contribution in [0.2, 0.25) is 0 Å². The molecule has 10 heteroatoms. The summed E-state index contributed by atoms with van der Waals surface area (Å²) in [6, 6.07) is 18.4. The van der Waals surface area contributed by atoms with Crippen LogP contribution in [-0.2, 0) is 22.4 Å². The van der Waals surface area contributed by atoms with Crippen LogP contribution in [-0.4, -0.2) is 36.9 Å². The Hall–Kier alpha value is -4.99. The predicted molar refractivity (Wildman–Crippen MR) is 133 cm³/mol. The van der Waals surface area contributed by atoms with Crippen LogP contribution in [0.5, 0.6) is 5.75 Å². The van der Waals surface area contributed by atoms with Crippen LogP contribution in [0.15, 0.2) is 66.9 Å². The number of aromatic amines is 1. The molecule has 0 aliphatic heterocycles. The maximum Gasteiger partial charge on any atom is 0.236 e. The molecule has 3 aromatic carbocycles. The van der Waals surface area contributed by atoms with E-state index in [4.69, 9.17) is 5.73 Å². The molecule has 0 unspecified atom stereocenters. The summed E-state index contributed by atoms with van der Waals surface area (Å²) >= 11 is 0. The molecule has 5 rings (SSSR count). The summed E-state index contributed by atoms with van der Waals surface area (Å²) in [5, 5.41) is 17.7. The molecule has 2 heterocycles. The van der Waals surface area contributed by atoms with Gasteiger partial charge in [-0.05, 0) is 40.1 Å². The zero-order valence-electron chi connectivity index (χ0n) is 18.4. The Morgan fingerprint density at radius 2 is 1.51 bits per heavy atom. The van der Waals surface area contributed by atoms with E-state index in [1.807, 2.05) is 42.5 Å². The van der Waals surface area contributed by atoms with E-state index in [9.17, 15) is 14.7 Å². The molecule has 35 heavy (non-hydrogen) atoms. The average molecular weight is 467 g/mol. The van der Waals surface area contributed by atoms with Crippen LogP contribution in [0.25, 0.3) is 21.7 Å². The summed E-state index contributed by atoms with van der Waals surface area (Å²) in [4.78, 5) is 40.3. The Kier molecular flexibility index (Phi) is 5.68. The van der Waals surface area contributed by atoms with Crippen molar-refractivity contribution in [2.45, 2.75) is 12.8 Å². The number of anilines is 3. The van der Waals surface area contributed by atoms with Gasteiger partial charge in [-0.3, -0.25) is 20.2 Å². The zero-order chi connectivity index (χ0) is 24.4. The van der Waals surface area contributed by atoms with Crippen molar-refractivity contribution in [1.29, 1.82) is 0 Å². The third kappa shape index (κ3) is 4.86. The highest BCUT2D eigenvalue weighted by atomic mass is 16.3. The molecule has 0 aliphatic rings. The van der Waals surface area contributed by atoms with Crippen molar-refractivity contribution in [2.24, 2.45) is 0 Å². The topological polar surface area (TPSA) is 159 Å². The van der Waals surface area contributed by atoms with Gasteiger partial charge in [0.25, 0.3) is 0 Å². The normalized spacial score (nSPS) is 11.0. The maximum atomic E-state index is 12.7. The monoisotopic (exact) mass is 467 g/mol. The quantitative estimate of drug-likeness (QED) is 0.256. The van der Waals surface area contributed by atoms with Crippen LogP contribution < -0.4 is 16.4 Å². The van der Waals surface area contributed by atoms with Gasteiger partial charge in [-0.2, -0.15) is 15.0 Å². The number of fused-ring (bicyclic) bond motifs is 2. The number of benzene rings is 3. The molecule has 2 aromatic heterocycles. The van der Waals surface area contributed by atoms with Crippen LogP contribution >= 0.6 is 0 Å². The molecular formula is C25H21N7O3. The SMILES string of the molecule is Nc1nc(NC(=O)Cc2cccc3ccccc23)nc(NC(=O)Cc2c[nH]c3ccc(O)cc23)n1. The standard InChI is InChI=1S/C25H21N7O3/c26-23-30-24(28-21(34)10-15-6-3-5-14-4-1-2-7-18(14)15)32-25(31-23)29-22(35)11-16-13-27-20-9-8-17(33)12-19(16)20/h1-9,12-13,27,33H,10-11H2,(H4,26,28,29,30,31,32,34,35). The molecule has 0 radical (unpaired) electrons. The number of H-pyrrole nitrogens is 1. The van der Waals surface area contributed by atoms with Gasteiger partial charge < -0.3 is 15.8 Å². The Labute approximate surface area is 199 Å². The van der Waals surface area contributed by atoms with Gasteiger partial charge >= 0.3 is 0 Å². The highest BCUT2D eigenvalue weighted by Crippen LogP contribution is 2.23. The van der Waals surface area contributed by atoms with Crippen LogP contribution in [0.3, 0.4) is 0 Å². The van der Waals surface area contributed by atoms with Crippen molar-refractivity contribution >= 4 is 51.3 Å². The van der Waals surface area contributed by atoms with E-state index in [1.165, 1.54) is 0 Å². The number of carbonyl (C=O) groups excluding carboxylic acids is 2. The fourth-order valence-electron chi connectivity index (χ4n) is 3.95. The number of nitrogens with two attached hydrogens (primary N) is 1. The van der Waals surface area contributed by atoms with E-state index < -0.39 is 5.91 Å². The number of phenols is 1. The highest BCUT2D eigenvalue weighted by molar-refractivity contribution is 5.97. The number of hydrogen-bond acceptors (Lipinski definition) is 7. The Bertz CT molecular complexity index is 1570. The third-order valence-corrected chi connectivity index (χ3v) is 5.49. The van der Waals surface area contributed by atoms with Gasteiger partial charge in [0.15, 0.2) is 0 Å². The number of aromatic nitrogens is 4. The van der Waals surface area contributed by atoms with E-state index >= 15 is 0 Å². The molecule has 0 saturated carbocycles. The minimum atomic E-state index is -0.395. The van der Waals surface area contributed by atoms with Gasteiger partial charge in [0.05, 0.1) is 12.8 Å². The fraction of sp³-hybridized carbons (Fsp3) is 0.0800. The van der Waals surface area contributed by atoms with E-state index in [0.717, 1.165) is 27.2 Å². The first-order valence-corrected chi connectivity index (χ1v) is 10.8. The first-order valence-electron chi connectivity index (χ1n) is 10.8. The molecule has 0 saturated heterocycles. The second-order valence-electron chi connectivity index (χ2n) is 7.97. The largest absolute Gasteiger partial charge is 0.508 e. The van der Waals surface area contributed by atoms with Crippen molar-refractivity contribution in [3.63, 3.8) is 0 Å². The Balaban J connectivity index is 1.28. The van der Waals surface area contributed by atoms with Gasteiger partial charge in [-0.1, -0.05) is 42.5 Å². The van der Waals surface area contributed by atoms with Crippen molar-refractivity contribution in [3.05, 3.63) is 78.0 Å². The summed E-state index contributed by atoms with van der Waals surface area (Å²) in [6.45, 7) is 0. The van der Waals surface area contributed by atoms with E-state index in [2.05, 4.69) is 30.6 Å². The predicted octanol–water partition coefficient (Wildman–Crippen LogP) is 3.16. The summed E-state index contributed by atoms with van der Waals surface area (Å²) in [5.74, 6) is -0.905. The lowest BCUT2D eigenvalue weighted by atomic mass is 10.0. The first kappa shape index (κ1) is 21.8. The van der Waals surface area contributed by atoms with Gasteiger partial charge in [0.2, 0.25) is 29.7 Å². The maximum absolute atomic E-state index is 12.7. The Morgan fingerprint density at radius 1 is 0.829 bits per heavy atom. The summed E-state index contributed by atoms with van der Waals surface area (Å²) in [7, 11) is 0. The number of nitrogen functional groups attached to an aromatic ring is 1. The number of nitrogens with zero attached hydrogens (tertiary/aromatic N) is 3. The first-order chi connectivity index (χ1) is 16.9. The van der Waals surface area contributed by atoms with Crippen molar-refractivity contribution in [2.75, 3.05) is 16.4 Å². The van der Waals surface area contributed by atoms with E-state index in [1.54, 1.807) is 24.4 Å². The molecule has 0 spiro atoms. The van der Waals surface area contributed by atoms with Gasteiger partial charge in [-0.25, -0.2) is 0 Å². The molecule has 0 aliphatic carbocycles. The number of hydrogen-bond donors (Lipinski definition) is 5. The minimum absolute atomic E-state index is 0.0117. The zero-order valence-corrected chi connectivity index (χ0v) is 18.4. The molecule has 2 amide bonds. The number of amides is 2. The smallest absolute Gasteiger partial charge is 0.236 e. The highest BCUT2D eigenvalue weighted by Gasteiger charge is 2.14. The van der Waals surface area contributed by atoms with Crippen molar-refractivity contribution in [1.82, 2.24) is 19.9 Å². The second-order valence-corrected chi connectivity index (χ2v) is 7.97. The van der Waals surface area contributed by atoms with Gasteiger partial charge in [0, 0.05) is 17.1 Å². The fourth-order valence-corrected chi connectivity index (χ4v) is 3.95. The Morgan fingerprint density at radius 3 is 2.29 bits per heavy atom. The average Bonchev–Trinajstić information content (AvgIpc) is 3.20. The summed E-state index contributed by atoms with van der Waals surface area (Å²) in [5.41, 5.74) is 8.12. The van der Waals surface area contributed by atoms with Crippen molar-refractivity contribution < 1.29 is 14.7 Å². The van der Waals surface area contributed by atoms with Crippen LogP contribution in [0, 0.1) is 0 Å². The van der Waals surface area contributed by atoms with Crippen molar-refractivity contribution in [3.8, 4) is 5.75 Å². The molecule has 10 nitrogen and oxygen atoms in total. The summed E-state index contributed by atoms with van der Waals surface area (Å²) < 4.78 is 0. The lowest BCUT2D eigenvalue weighted by Gasteiger charge is -2.09. The molecular weight excluding hydrogens is 446 g/mol. The molecule has 6 N–H and O–H groups in total. The van der Waals surface area contributed by atoms with Gasteiger partial charge in [-0.15, -0.1) is 0 Å². The van der Waals surface area contributed by atoms with Crippen LogP contribution in [0.1, 0.15) is 11.1 Å². The van der Waals surface area contributed by atoms with Crippen LogP contribution in [0.4, 0.5) is 17.8 Å². The molecule has 5 aromatic rings. The molecule has 174 valence electrons. The number of phenolic OH excluding ortho intramolecular Hbond substituents is 1. The van der Waals surface area contributed by atoms with E-state index in [-0.39, 0.29) is 42.3 Å². The van der Waals surface area contributed by atoms with Gasteiger partial charge in [0.1, 0.15) is 5.75 Å². The number of rotatable bonds is 6. The van der Waals surface area contributed by atoms with E-state index in [0.29, 0.717) is 5.56 Å². The number of aromatic hydroxyl groups is 1. The molecule has 0 bridgehead atoms. The number of nitrogens with one attached hydrogen (secondary N) is 3. The second kappa shape index (κ2) is 9.10. The third-order valence-electron chi connectivity index (χ3n) is 5.49. The minimum Gasteiger partial charge on any atom is -0.508 e. The summed E-state index contributed by atoms with van der Waals surface area (Å²) in [6.07, 6.45) is 1.82.